The topological polar surface area (TPSA) is 57.6 Å². The first-order valence-corrected chi connectivity index (χ1v) is 8.44. The average molecular weight is 304 g/mol. The molecule has 1 aliphatic rings. The average Bonchev–Trinajstić information content (AvgIpc) is 2.29. The second kappa shape index (κ2) is 5.31. The number of aliphatic hydroxyl groups excluding tert-OH is 1. The molecule has 0 spiro atoms. The molecule has 6 heteroatoms. The van der Waals surface area contributed by atoms with E-state index in [9.17, 15) is 13.5 Å². The molecule has 1 aromatic carbocycles. The van der Waals surface area contributed by atoms with Crippen LogP contribution in [0.4, 0.5) is 5.69 Å². The summed E-state index contributed by atoms with van der Waals surface area (Å²) in [6.07, 6.45) is -0.564. The minimum absolute atomic E-state index is 0.0892. The molecule has 0 bridgehead atoms. The highest BCUT2D eigenvalue weighted by Gasteiger charge is 2.29. The second-order valence-electron chi connectivity index (χ2n) is 5.04. The summed E-state index contributed by atoms with van der Waals surface area (Å²) >= 11 is 6.24. The van der Waals surface area contributed by atoms with Gasteiger partial charge >= 0.3 is 0 Å². The number of rotatable bonds is 2. The first-order valence-electron chi connectivity index (χ1n) is 6.25. The van der Waals surface area contributed by atoms with E-state index in [1.807, 2.05) is 24.0 Å². The summed E-state index contributed by atoms with van der Waals surface area (Å²) in [5.41, 5.74) is 1.58. The molecule has 1 unspecified atom stereocenters. The van der Waals surface area contributed by atoms with E-state index in [1.54, 1.807) is 13.0 Å². The van der Waals surface area contributed by atoms with Gasteiger partial charge in [-0.3, -0.25) is 0 Å². The van der Waals surface area contributed by atoms with Gasteiger partial charge in [0, 0.05) is 12.6 Å². The van der Waals surface area contributed by atoms with E-state index >= 15 is 0 Å². The number of halogens is 1. The van der Waals surface area contributed by atoms with Crippen molar-refractivity contribution in [3.05, 3.63) is 28.8 Å². The van der Waals surface area contributed by atoms with Crippen molar-refractivity contribution in [2.24, 2.45) is 0 Å². The van der Waals surface area contributed by atoms with Crippen molar-refractivity contribution in [1.82, 2.24) is 0 Å². The standard InChI is InChI=1S/C13H18ClNO3S/c1-9-8-19(17,18)6-5-15(9)13-4-3-11(10(2)16)7-12(13)14/h3-4,7,9-10,16H,5-6,8H2,1-2H3/t9?,10-/m0/s1. The number of benzene rings is 1. The van der Waals surface area contributed by atoms with Crippen molar-refractivity contribution in [3.8, 4) is 0 Å². The highest BCUT2D eigenvalue weighted by Crippen LogP contribution is 2.31. The summed E-state index contributed by atoms with van der Waals surface area (Å²) in [6, 6.07) is 5.31. The minimum Gasteiger partial charge on any atom is -0.389 e. The summed E-state index contributed by atoms with van der Waals surface area (Å²) < 4.78 is 23.1. The maximum absolute atomic E-state index is 11.6. The van der Waals surface area contributed by atoms with Crippen LogP contribution in [0.1, 0.15) is 25.5 Å². The Morgan fingerprint density at radius 2 is 2.16 bits per heavy atom. The maximum Gasteiger partial charge on any atom is 0.154 e. The number of aliphatic hydroxyl groups is 1. The van der Waals surface area contributed by atoms with Crippen LogP contribution in [-0.2, 0) is 9.84 Å². The number of hydrogen-bond acceptors (Lipinski definition) is 4. The fraction of sp³-hybridized carbons (Fsp3) is 0.538. The molecule has 19 heavy (non-hydrogen) atoms. The van der Waals surface area contributed by atoms with Crippen molar-refractivity contribution in [1.29, 1.82) is 0 Å². The predicted octanol–water partition coefficient (Wildman–Crippen LogP) is 2.02. The van der Waals surface area contributed by atoms with Crippen LogP contribution in [0.5, 0.6) is 0 Å². The van der Waals surface area contributed by atoms with Crippen molar-refractivity contribution in [2.75, 3.05) is 23.0 Å². The molecule has 0 saturated carbocycles. The number of sulfone groups is 1. The normalized spacial score (nSPS) is 24.2. The van der Waals surface area contributed by atoms with Gasteiger partial charge in [0.25, 0.3) is 0 Å². The Morgan fingerprint density at radius 3 is 2.68 bits per heavy atom. The molecule has 1 fully saturated rings. The van der Waals surface area contributed by atoms with Gasteiger partial charge in [-0.1, -0.05) is 17.7 Å². The molecule has 0 amide bonds. The predicted molar refractivity (Wildman–Crippen MR) is 77.5 cm³/mol. The van der Waals surface area contributed by atoms with Crippen LogP contribution in [0, 0.1) is 0 Å². The van der Waals surface area contributed by atoms with Gasteiger partial charge in [0.15, 0.2) is 9.84 Å². The van der Waals surface area contributed by atoms with Crippen LogP contribution in [0.2, 0.25) is 5.02 Å². The largest absolute Gasteiger partial charge is 0.389 e. The Balaban J connectivity index is 2.28. The maximum atomic E-state index is 11.6. The molecular formula is C13H18ClNO3S. The molecular weight excluding hydrogens is 286 g/mol. The van der Waals surface area contributed by atoms with Crippen LogP contribution in [0.15, 0.2) is 18.2 Å². The van der Waals surface area contributed by atoms with Crippen molar-refractivity contribution >= 4 is 27.1 Å². The van der Waals surface area contributed by atoms with E-state index in [0.29, 0.717) is 11.6 Å². The van der Waals surface area contributed by atoms with Crippen molar-refractivity contribution in [3.63, 3.8) is 0 Å². The van der Waals surface area contributed by atoms with Crippen LogP contribution in [-0.4, -0.2) is 37.6 Å². The molecule has 0 aliphatic carbocycles. The molecule has 0 aromatic heterocycles. The summed E-state index contributed by atoms with van der Waals surface area (Å²) in [6.45, 7) is 4.02. The Labute approximate surface area is 118 Å². The summed E-state index contributed by atoms with van der Waals surface area (Å²) in [5, 5.41) is 10.1. The summed E-state index contributed by atoms with van der Waals surface area (Å²) in [7, 11) is -2.93. The van der Waals surface area contributed by atoms with Gasteiger partial charge in [-0.15, -0.1) is 0 Å². The van der Waals surface area contributed by atoms with E-state index in [2.05, 4.69) is 0 Å². The highest BCUT2D eigenvalue weighted by molar-refractivity contribution is 7.91. The van der Waals surface area contributed by atoms with E-state index in [4.69, 9.17) is 11.6 Å². The lowest BCUT2D eigenvalue weighted by molar-refractivity contribution is 0.199. The molecule has 1 aliphatic heterocycles. The van der Waals surface area contributed by atoms with Crippen LogP contribution < -0.4 is 4.90 Å². The van der Waals surface area contributed by atoms with E-state index in [1.165, 1.54) is 0 Å². The lowest BCUT2D eigenvalue weighted by Crippen LogP contribution is -2.47. The van der Waals surface area contributed by atoms with Gasteiger partial charge in [0.2, 0.25) is 0 Å². The van der Waals surface area contributed by atoms with Gasteiger partial charge in [-0.2, -0.15) is 0 Å². The SMILES string of the molecule is CC1CS(=O)(=O)CCN1c1ccc([C@H](C)O)cc1Cl. The Bertz CT molecular complexity index is 571. The number of hydrogen-bond donors (Lipinski definition) is 1. The zero-order chi connectivity index (χ0) is 14.2. The third-order valence-electron chi connectivity index (χ3n) is 3.43. The zero-order valence-electron chi connectivity index (χ0n) is 11.0. The Kier molecular flexibility index (Phi) is 4.08. The van der Waals surface area contributed by atoms with Crippen molar-refractivity contribution in [2.45, 2.75) is 26.0 Å². The monoisotopic (exact) mass is 303 g/mol. The molecule has 2 rings (SSSR count). The molecule has 1 saturated heterocycles. The fourth-order valence-corrected chi connectivity index (χ4v) is 4.23. The van der Waals surface area contributed by atoms with Gasteiger partial charge in [0.1, 0.15) is 0 Å². The smallest absolute Gasteiger partial charge is 0.154 e. The van der Waals surface area contributed by atoms with Gasteiger partial charge in [-0.05, 0) is 31.5 Å². The van der Waals surface area contributed by atoms with Crippen molar-refractivity contribution < 1.29 is 13.5 Å². The molecule has 1 heterocycles. The van der Waals surface area contributed by atoms with E-state index in [-0.39, 0.29) is 17.5 Å². The third-order valence-corrected chi connectivity index (χ3v) is 5.53. The first kappa shape index (κ1) is 14.6. The van der Waals surface area contributed by atoms with Gasteiger partial charge in [0.05, 0.1) is 28.3 Å². The lowest BCUT2D eigenvalue weighted by atomic mass is 10.1. The molecule has 106 valence electrons. The molecule has 1 N–H and O–H groups in total. The fourth-order valence-electron chi connectivity index (χ4n) is 2.37. The number of anilines is 1. The number of nitrogens with zero attached hydrogens (tertiary/aromatic N) is 1. The molecule has 2 atom stereocenters. The molecule has 4 nitrogen and oxygen atoms in total. The first-order chi connectivity index (χ1) is 8.80. The van der Waals surface area contributed by atoms with E-state index < -0.39 is 15.9 Å². The van der Waals surface area contributed by atoms with Crippen LogP contribution >= 0.6 is 11.6 Å². The van der Waals surface area contributed by atoms with Crippen LogP contribution in [0.25, 0.3) is 0 Å². The quantitative estimate of drug-likeness (QED) is 0.908. The minimum atomic E-state index is -2.93. The van der Waals surface area contributed by atoms with Gasteiger partial charge in [-0.25, -0.2) is 8.42 Å². The Morgan fingerprint density at radius 1 is 1.47 bits per heavy atom. The lowest BCUT2D eigenvalue weighted by Gasteiger charge is -2.35. The summed E-state index contributed by atoms with van der Waals surface area (Å²) in [4.78, 5) is 2.01. The second-order valence-corrected chi connectivity index (χ2v) is 7.68. The highest BCUT2D eigenvalue weighted by atomic mass is 35.5. The Hall–Kier alpha value is -0.780. The third kappa shape index (κ3) is 3.22. The van der Waals surface area contributed by atoms with Gasteiger partial charge < -0.3 is 10.0 Å². The summed E-state index contributed by atoms with van der Waals surface area (Å²) in [5.74, 6) is 0.313. The van der Waals surface area contributed by atoms with Crippen LogP contribution in [0.3, 0.4) is 0 Å². The zero-order valence-corrected chi connectivity index (χ0v) is 12.6. The van der Waals surface area contributed by atoms with E-state index in [0.717, 1.165) is 11.3 Å². The molecule has 1 aromatic rings. The molecule has 0 radical (unpaired) electrons.